The third-order valence-corrected chi connectivity index (χ3v) is 4.93. The summed E-state index contributed by atoms with van der Waals surface area (Å²) in [6, 6.07) is 15.0. The summed E-state index contributed by atoms with van der Waals surface area (Å²) >= 11 is 0. The van der Waals surface area contributed by atoms with Gasteiger partial charge in [0.15, 0.2) is 0 Å². The average Bonchev–Trinajstić information content (AvgIpc) is 2.67. The third-order valence-electron chi connectivity index (χ3n) is 4.93. The van der Waals surface area contributed by atoms with Gasteiger partial charge in [-0.25, -0.2) is 9.59 Å². The second-order valence-corrected chi connectivity index (χ2v) is 6.55. The highest BCUT2D eigenvalue weighted by atomic mass is 16.6. The molecule has 2 aliphatic rings. The van der Waals surface area contributed by atoms with Gasteiger partial charge in [0.25, 0.3) is 0 Å². The number of ether oxygens (including phenoxy) is 1. The Morgan fingerprint density at radius 1 is 0.720 bits per heavy atom. The van der Waals surface area contributed by atoms with Gasteiger partial charge in [-0.1, -0.05) is 48.5 Å². The molecule has 0 radical (unpaired) electrons. The van der Waals surface area contributed by atoms with Crippen molar-refractivity contribution in [2.75, 3.05) is 0 Å². The lowest BCUT2D eigenvalue weighted by molar-refractivity contribution is -0.163. The Kier molecular flexibility index (Phi) is 4.34. The zero-order valence-corrected chi connectivity index (χ0v) is 13.8. The fraction of sp³-hybridized carbons (Fsp3) is 0.300. The largest absolute Gasteiger partial charge is 0.391 e. The molecule has 0 aromatic heterocycles. The van der Waals surface area contributed by atoms with Crippen molar-refractivity contribution in [3.63, 3.8) is 0 Å². The number of hydrogen-bond acceptors (Lipinski definition) is 5. The van der Waals surface area contributed by atoms with Gasteiger partial charge in [-0.15, -0.1) is 0 Å². The van der Waals surface area contributed by atoms with E-state index >= 15 is 0 Å². The maximum Gasteiger partial charge on any atom is 0.331 e. The number of rotatable bonds is 2. The van der Waals surface area contributed by atoms with Crippen LogP contribution in [0.1, 0.15) is 22.3 Å². The lowest BCUT2D eigenvalue weighted by Crippen LogP contribution is -2.47. The molecule has 2 N–H and O–H groups in total. The van der Waals surface area contributed by atoms with Gasteiger partial charge in [0.1, 0.15) is 12.1 Å². The van der Waals surface area contributed by atoms with E-state index in [-0.39, 0.29) is 0 Å². The SMILES string of the molecule is O=C(OC(=O)[C@H]1Cc2ccccc2CN1)[C@H]1Cc2ccccc2CN1. The van der Waals surface area contributed by atoms with E-state index in [0.29, 0.717) is 25.9 Å². The number of hydrogen-bond donors (Lipinski definition) is 2. The van der Waals surface area contributed by atoms with Crippen LogP contribution in [0.25, 0.3) is 0 Å². The summed E-state index contributed by atoms with van der Waals surface area (Å²) in [5, 5.41) is 6.30. The molecule has 2 aromatic carbocycles. The zero-order valence-electron chi connectivity index (χ0n) is 13.8. The molecule has 0 aliphatic carbocycles. The lowest BCUT2D eigenvalue weighted by atomic mass is 9.95. The first-order chi connectivity index (χ1) is 12.2. The van der Waals surface area contributed by atoms with Gasteiger partial charge in [0.05, 0.1) is 0 Å². The van der Waals surface area contributed by atoms with Gasteiger partial charge in [0, 0.05) is 13.1 Å². The van der Waals surface area contributed by atoms with Crippen molar-refractivity contribution in [3.05, 3.63) is 70.8 Å². The monoisotopic (exact) mass is 336 g/mol. The second kappa shape index (κ2) is 6.78. The molecule has 2 aromatic rings. The maximum atomic E-state index is 12.4. The first-order valence-corrected chi connectivity index (χ1v) is 8.56. The van der Waals surface area contributed by atoms with E-state index in [1.54, 1.807) is 0 Å². The summed E-state index contributed by atoms with van der Waals surface area (Å²) in [7, 11) is 0. The summed E-state index contributed by atoms with van der Waals surface area (Å²) in [4.78, 5) is 24.7. The van der Waals surface area contributed by atoms with Crippen LogP contribution in [-0.2, 0) is 40.3 Å². The number of carbonyl (C=O) groups excluding carboxylic acids is 2. The van der Waals surface area contributed by atoms with Crippen molar-refractivity contribution in [1.29, 1.82) is 0 Å². The fourth-order valence-corrected chi connectivity index (χ4v) is 3.48. The standard InChI is InChI=1S/C20H20N2O3/c23-19(17-9-13-5-1-3-7-15(13)11-21-17)25-20(24)18-10-14-6-2-4-8-16(14)12-22-18/h1-8,17-18,21-22H,9-12H2/t17-,18-/m1/s1. The molecule has 4 rings (SSSR count). The topological polar surface area (TPSA) is 67.4 Å². The number of esters is 2. The highest BCUT2D eigenvalue weighted by Crippen LogP contribution is 2.19. The minimum Gasteiger partial charge on any atom is -0.391 e. The summed E-state index contributed by atoms with van der Waals surface area (Å²) < 4.78 is 5.16. The summed E-state index contributed by atoms with van der Waals surface area (Å²) in [6.45, 7) is 1.22. The number of nitrogens with one attached hydrogen (secondary N) is 2. The predicted octanol–water partition coefficient (Wildman–Crippen LogP) is 1.49. The Labute approximate surface area is 146 Å². The molecule has 0 saturated heterocycles. The molecule has 0 amide bonds. The first kappa shape index (κ1) is 16.0. The van der Waals surface area contributed by atoms with E-state index in [1.165, 1.54) is 11.1 Å². The van der Waals surface area contributed by atoms with Crippen molar-refractivity contribution in [2.45, 2.75) is 38.0 Å². The quantitative estimate of drug-likeness (QED) is 0.642. The van der Waals surface area contributed by atoms with Crippen molar-refractivity contribution in [3.8, 4) is 0 Å². The molecular weight excluding hydrogens is 316 g/mol. The van der Waals surface area contributed by atoms with Crippen LogP contribution in [0.2, 0.25) is 0 Å². The Morgan fingerprint density at radius 2 is 1.12 bits per heavy atom. The normalized spacial score (nSPS) is 21.8. The Bertz CT molecular complexity index is 751. The second-order valence-electron chi connectivity index (χ2n) is 6.55. The van der Waals surface area contributed by atoms with Crippen LogP contribution >= 0.6 is 0 Å². The third kappa shape index (κ3) is 3.34. The van der Waals surface area contributed by atoms with E-state index in [9.17, 15) is 9.59 Å². The van der Waals surface area contributed by atoms with Crippen molar-refractivity contribution < 1.29 is 14.3 Å². The molecule has 0 fully saturated rings. The van der Waals surface area contributed by atoms with E-state index in [4.69, 9.17) is 4.74 Å². The van der Waals surface area contributed by atoms with Gasteiger partial charge < -0.3 is 4.74 Å². The Hall–Kier alpha value is -2.50. The minimum atomic E-state index is -0.500. The van der Waals surface area contributed by atoms with Crippen LogP contribution in [0, 0.1) is 0 Å². The Balaban J connectivity index is 1.38. The molecule has 128 valence electrons. The van der Waals surface area contributed by atoms with Gasteiger partial charge in [-0.2, -0.15) is 0 Å². The summed E-state index contributed by atoms with van der Waals surface area (Å²) in [6.07, 6.45) is 1.09. The Morgan fingerprint density at radius 3 is 1.56 bits per heavy atom. The fourth-order valence-electron chi connectivity index (χ4n) is 3.48. The molecule has 0 spiro atoms. The minimum absolute atomic E-state index is 0.477. The number of carbonyl (C=O) groups is 2. The average molecular weight is 336 g/mol. The van der Waals surface area contributed by atoms with Crippen LogP contribution < -0.4 is 10.6 Å². The first-order valence-electron chi connectivity index (χ1n) is 8.56. The molecule has 0 bridgehead atoms. The molecule has 2 heterocycles. The smallest absolute Gasteiger partial charge is 0.331 e. The van der Waals surface area contributed by atoms with E-state index in [2.05, 4.69) is 10.6 Å². The van der Waals surface area contributed by atoms with Crippen molar-refractivity contribution >= 4 is 11.9 Å². The van der Waals surface area contributed by atoms with Crippen molar-refractivity contribution in [1.82, 2.24) is 10.6 Å². The molecule has 5 nitrogen and oxygen atoms in total. The van der Waals surface area contributed by atoms with Gasteiger partial charge in [0.2, 0.25) is 0 Å². The summed E-state index contributed by atoms with van der Waals surface area (Å²) in [5.74, 6) is -1.000. The van der Waals surface area contributed by atoms with Gasteiger partial charge in [-0.3, -0.25) is 10.6 Å². The van der Waals surface area contributed by atoms with Crippen LogP contribution in [-0.4, -0.2) is 24.0 Å². The highest BCUT2D eigenvalue weighted by Gasteiger charge is 2.31. The molecule has 25 heavy (non-hydrogen) atoms. The molecular formula is C20H20N2O3. The highest BCUT2D eigenvalue weighted by molar-refractivity contribution is 5.91. The number of fused-ring (bicyclic) bond motifs is 2. The van der Waals surface area contributed by atoms with Gasteiger partial charge >= 0.3 is 11.9 Å². The van der Waals surface area contributed by atoms with Crippen LogP contribution in [0.4, 0.5) is 0 Å². The van der Waals surface area contributed by atoms with E-state index < -0.39 is 24.0 Å². The predicted molar refractivity (Wildman–Crippen MR) is 92.6 cm³/mol. The van der Waals surface area contributed by atoms with Gasteiger partial charge in [-0.05, 0) is 35.1 Å². The molecule has 2 atom stereocenters. The van der Waals surface area contributed by atoms with Crippen molar-refractivity contribution in [2.24, 2.45) is 0 Å². The van der Waals surface area contributed by atoms with E-state index in [1.807, 2.05) is 48.5 Å². The molecule has 0 saturated carbocycles. The zero-order chi connectivity index (χ0) is 17.2. The molecule has 0 unspecified atom stereocenters. The van der Waals surface area contributed by atoms with E-state index in [0.717, 1.165) is 11.1 Å². The van der Waals surface area contributed by atoms with Crippen LogP contribution in [0.5, 0.6) is 0 Å². The van der Waals surface area contributed by atoms with Crippen LogP contribution in [0.15, 0.2) is 48.5 Å². The molecule has 2 aliphatic heterocycles. The number of benzene rings is 2. The maximum absolute atomic E-state index is 12.4. The summed E-state index contributed by atoms with van der Waals surface area (Å²) in [5.41, 5.74) is 4.62. The molecule has 5 heteroatoms. The lowest BCUT2D eigenvalue weighted by Gasteiger charge is -2.27. The van der Waals surface area contributed by atoms with Crippen LogP contribution in [0.3, 0.4) is 0 Å².